The second-order valence-corrected chi connectivity index (χ2v) is 6.55. The molecule has 0 bridgehead atoms. The van der Waals surface area contributed by atoms with Crippen molar-refractivity contribution >= 4 is 5.69 Å². The summed E-state index contributed by atoms with van der Waals surface area (Å²) in [5, 5.41) is 7.87. The van der Waals surface area contributed by atoms with Gasteiger partial charge in [0.15, 0.2) is 0 Å². The Morgan fingerprint density at radius 1 is 1.53 bits per heavy atom. The summed E-state index contributed by atoms with van der Waals surface area (Å²) in [6, 6.07) is 0.471. The molecular weight excluding hydrogens is 238 g/mol. The predicted octanol–water partition coefficient (Wildman–Crippen LogP) is 3.15. The number of nitrogens with one attached hydrogen (secondary N) is 1. The van der Waals surface area contributed by atoms with Gasteiger partial charge in [-0.15, -0.1) is 0 Å². The van der Waals surface area contributed by atoms with Gasteiger partial charge in [0.2, 0.25) is 0 Å². The van der Waals surface area contributed by atoms with Gasteiger partial charge >= 0.3 is 0 Å². The molecule has 2 atom stereocenters. The van der Waals surface area contributed by atoms with Crippen LogP contribution in [0, 0.1) is 11.3 Å². The van der Waals surface area contributed by atoms with Crippen LogP contribution in [0.3, 0.4) is 0 Å². The molecule has 4 heteroatoms. The molecule has 1 aliphatic rings. The first-order valence-corrected chi connectivity index (χ1v) is 7.34. The molecule has 1 aromatic heterocycles. The van der Waals surface area contributed by atoms with Crippen LogP contribution in [0.5, 0.6) is 0 Å². The Bertz CT molecular complexity index is 411. The van der Waals surface area contributed by atoms with E-state index in [9.17, 15) is 0 Å². The average molecular weight is 265 g/mol. The number of aryl methyl sites for hydroxylation is 1. The fourth-order valence-corrected chi connectivity index (χ4v) is 2.53. The maximum atomic E-state index is 5.99. The van der Waals surface area contributed by atoms with Gasteiger partial charge in [-0.2, -0.15) is 5.10 Å². The maximum absolute atomic E-state index is 5.99. The van der Waals surface area contributed by atoms with Gasteiger partial charge in [-0.3, -0.25) is 4.68 Å². The zero-order chi connectivity index (χ0) is 14.0. The minimum absolute atomic E-state index is 0.184. The topological polar surface area (TPSA) is 39.1 Å². The molecule has 1 aromatic rings. The van der Waals surface area contributed by atoms with E-state index in [-0.39, 0.29) is 5.41 Å². The van der Waals surface area contributed by atoms with E-state index in [2.05, 4.69) is 51.2 Å². The van der Waals surface area contributed by atoms with Crippen LogP contribution in [0.4, 0.5) is 5.69 Å². The molecule has 0 amide bonds. The van der Waals surface area contributed by atoms with Crippen LogP contribution >= 0.6 is 0 Å². The molecule has 4 nitrogen and oxygen atoms in total. The van der Waals surface area contributed by atoms with E-state index in [4.69, 9.17) is 4.74 Å². The quantitative estimate of drug-likeness (QED) is 0.858. The second-order valence-electron chi connectivity index (χ2n) is 6.55. The van der Waals surface area contributed by atoms with Crippen molar-refractivity contribution in [2.75, 3.05) is 11.9 Å². The molecule has 2 unspecified atom stereocenters. The summed E-state index contributed by atoms with van der Waals surface area (Å²) in [5.74, 6) is 0.602. The third-order valence-electron chi connectivity index (χ3n) is 4.11. The number of hydrogen-bond donors (Lipinski definition) is 1. The number of ether oxygens (including phenoxy) is 1. The molecule has 1 saturated carbocycles. The second kappa shape index (κ2) is 5.53. The lowest BCUT2D eigenvalue weighted by Crippen LogP contribution is -2.58. The first-order chi connectivity index (χ1) is 8.93. The van der Waals surface area contributed by atoms with Crippen molar-refractivity contribution in [2.45, 2.75) is 59.7 Å². The highest BCUT2D eigenvalue weighted by molar-refractivity contribution is 5.41. The molecule has 0 radical (unpaired) electrons. The standard InChI is InChI=1S/C15H27N3O/c1-6-18-9-12(8-16-18)17-13-7-14(15(13,4)5)19-10-11(2)3/h8-9,11,13-14,17H,6-7,10H2,1-5H3. The molecule has 19 heavy (non-hydrogen) atoms. The van der Waals surface area contributed by atoms with E-state index in [1.807, 2.05) is 10.9 Å². The fraction of sp³-hybridized carbons (Fsp3) is 0.800. The van der Waals surface area contributed by atoms with Gasteiger partial charge in [-0.1, -0.05) is 27.7 Å². The minimum atomic E-state index is 0.184. The van der Waals surface area contributed by atoms with Crippen molar-refractivity contribution in [3.8, 4) is 0 Å². The monoisotopic (exact) mass is 265 g/mol. The summed E-state index contributed by atoms with van der Waals surface area (Å²) < 4.78 is 7.93. The molecule has 1 fully saturated rings. The van der Waals surface area contributed by atoms with Crippen molar-refractivity contribution in [3.05, 3.63) is 12.4 Å². The normalized spacial score (nSPS) is 25.4. The molecule has 1 aliphatic carbocycles. The third-order valence-corrected chi connectivity index (χ3v) is 4.11. The van der Waals surface area contributed by atoms with Crippen molar-refractivity contribution in [1.82, 2.24) is 9.78 Å². The fourth-order valence-electron chi connectivity index (χ4n) is 2.53. The Kier molecular flexibility index (Phi) is 4.19. The SMILES string of the molecule is CCn1cc(NC2CC(OCC(C)C)C2(C)C)cn1. The Balaban J connectivity index is 1.86. The lowest BCUT2D eigenvalue weighted by Gasteiger charge is -2.52. The molecule has 0 aromatic carbocycles. The number of anilines is 1. The molecule has 1 N–H and O–H groups in total. The smallest absolute Gasteiger partial charge is 0.0728 e. The van der Waals surface area contributed by atoms with E-state index >= 15 is 0 Å². The van der Waals surface area contributed by atoms with Crippen LogP contribution in [0.15, 0.2) is 12.4 Å². The average Bonchev–Trinajstić information content (AvgIpc) is 2.80. The van der Waals surface area contributed by atoms with Gasteiger partial charge in [0, 0.05) is 30.8 Å². The predicted molar refractivity (Wildman–Crippen MR) is 78.3 cm³/mol. The van der Waals surface area contributed by atoms with Crippen LogP contribution in [0.2, 0.25) is 0 Å². The molecule has 108 valence electrons. The third kappa shape index (κ3) is 3.11. The highest BCUT2D eigenvalue weighted by Crippen LogP contribution is 2.44. The number of hydrogen-bond acceptors (Lipinski definition) is 3. The van der Waals surface area contributed by atoms with Crippen molar-refractivity contribution in [1.29, 1.82) is 0 Å². The molecule has 0 aliphatic heterocycles. The van der Waals surface area contributed by atoms with Gasteiger partial charge in [-0.05, 0) is 19.3 Å². The number of nitrogens with zero attached hydrogens (tertiary/aromatic N) is 2. The van der Waals surface area contributed by atoms with Gasteiger partial charge in [0.25, 0.3) is 0 Å². The van der Waals surface area contributed by atoms with Crippen LogP contribution < -0.4 is 5.32 Å². The van der Waals surface area contributed by atoms with Crippen LogP contribution in [-0.2, 0) is 11.3 Å². The van der Waals surface area contributed by atoms with Gasteiger partial charge in [0.1, 0.15) is 0 Å². The summed E-state index contributed by atoms with van der Waals surface area (Å²) in [7, 11) is 0. The molecular formula is C15H27N3O. The van der Waals surface area contributed by atoms with Crippen LogP contribution in [-0.4, -0.2) is 28.5 Å². The highest BCUT2D eigenvalue weighted by atomic mass is 16.5. The Labute approximate surface area is 116 Å². The largest absolute Gasteiger partial charge is 0.379 e. The van der Waals surface area contributed by atoms with Gasteiger partial charge in [0.05, 0.1) is 18.0 Å². The molecule has 0 spiro atoms. The van der Waals surface area contributed by atoms with Crippen molar-refractivity contribution in [2.24, 2.45) is 11.3 Å². The Morgan fingerprint density at radius 3 is 2.79 bits per heavy atom. The summed E-state index contributed by atoms with van der Waals surface area (Å²) >= 11 is 0. The maximum Gasteiger partial charge on any atom is 0.0728 e. The lowest BCUT2D eigenvalue weighted by molar-refractivity contribution is -0.108. The zero-order valence-electron chi connectivity index (χ0n) is 12.8. The van der Waals surface area contributed by atoms with E-state index in [0.29, 0.717) is 18.1 Å². The first-order valence-electron chi connectivity index (χ1n) is 7.34. The molecule has 0 saturated heterocycles. The van der Waals surface area contributed by atoms with E-state index in [1.165, 1.54) is 0 Å². The minimum Gasteiger partial charge on any atom is -0.379 e. The van der Waals surface area contributed by atoms with Crippen molar-refractivity contribution < 1.29 is 4.74 Å². The first kappa shape index (κ1) is 14.4. The number of aromatic nitrogens is 2. The van der Waals surface area contributed by atoms with E-state index < -0.39 is 0 Å². The molecule has 2 rings (SSSR count). The highest BCUT2D eigenvalue weighted by Gasteiger charge is 2.49. The Morgan fingerprint density at radius 2 is 2.26 bits per heavy atom. The summed E-state index contributed by atoms with van der Waals surface area (Å²) in [5.41, 5.74) is 1.30. The number of rotatable bonds is 6. The Hall–Kier alpha value is -1.03. The summed E-state index contributed by atoms with van der Waals surface area (Å²) in [4.78, 5) is 0. The van der Waals surface area contributed by atoms with Gasteiger partial charge < -0.3 is 10.1 Å². The van der Waals surface area contributed by atoms with Gasteiger partial charge in [-0.25, -0.2) is 0 Å². The van der Waals surface area contributed by atoms with E-state index in [1.54, 1.807) is 0 Å². The lowest BCUT2D eigenvalue weighted by atomic mass is 9.64. The molecule has 1 heterocycles. The van der Waals surface area contributed by atoms with E-state index in [0.717, 1.165) is 25.3 Å². The zero-order valence-corrected chi connectivity index (χ0v) is 12.8. The summed E-state index contributed by atoms with van der Waals surface area (Å²) in [6.45, 7) is 12.8. The van der Waals surface area contributed by atoms with Crippen LogP contribution in [0.25, 0.3) is 0 Å². The van der Waals surface area contributed by atoms with Crippen molar-refractivity contribution in [3.63, 3.8) is 0 Å². The van der Waals surface area contributed by atoms with Crippen LogP contribution in [0.1, 0.15) is 41.0 Å². The summed E-state index contributed by atoms with van der Waals surface area (Å²) in [6.07, 6.45) is 5.42.